The number of hydrogen-bond donors (Lipinski definition) is 2. The minimum absolute atomic E-state index is 0.000968. The third kappa shape index (κ3) is 3.76. The van der Waals surface area contributed by atoms with Gasteiger partial charge in [0.25, 0.3) is 0 Å². The van der Waals surface area contributed by atoms with Gasteiger partial charge in [0.15, 0.2) is 0 Å². The fourth-order valence-corrected chi connectivity index (χ4v) is 1.69. The Bertz CT molecular complexity index is 306. The summed E-state index contributed by atoms with van der Waals surface area (Å²) in [6.07, 6.45) is 0. The van der Waals surface area contributed by atoms with E-state index < -0.39 is 0 Å². The normalized spacial score (nSPS) is 13.9. The Morgan fingerprint density at radius 1 is 1.47 bits per heavy atom. The first-order valence-electron chi connectivity index (χ1n) is 5.12. The lowest BCUT2D eigenvalue weighted by atomic mass is 9.96. The first-order chi connectivity index (χ1) is 6.93. The van der Waals surface area contributed by atoms with E-state index in [9.17, 15) is 0 Å². The molecule has 0 fully saturated rings. The van der Waals surface area contributed by atoms with E-state index in [4.69, 9.17) is 5.11 Å². The van der Waals surface area contributed by atoms with E-state index in [1.165, 1.54) is 11.5 Å². The largest absolute Gasteiger partial charge is 0.396 e. The maximum atomic E-state index is 8.87. The number of rotatable bonds is 4. The van der Waals surface area contributed by atoms with Gasteiger partial charge in [0, 0.05) is 30.1 Å². The molecule has 0 saturated heterocycles. The van der Waals surface area contributed by atoms with Gasteiger partial charge in [-0.3, -0.25) is 0 Å². The first-order valence-corrected chi connectivity index (χ1v) is 5.89. The lowest BCUT2D eigenvalue weighted by Crippen LogP contribution is -2.15. The molecule has 0 aliphatic rings. The molecule has 4 nitrogen and oxygen atoms in total. The van der Waals surface area contributed by atoms with Gasteiger partial charge >= 0.3 is 0 Å². The number of hydrogen-bond acceptors (Lipinski definition) is 5. The van der Waals surface area contributed by atoms with Crippen molar-refractivity contribution >= 4 is 16.7 Å². The van der Waals surface area contributed by atoms with Gasteiger partial charge in [-0.2, -0.15) is 4.37 Å². The minimum atomic E-state index is -0.000968. The molecule has 5 heteroatoms. The summed E-state index contributed by atoms with van der Waals surface area (Å²) in [6.45, 7) is 9.19. The molecule has 0 amide bonds. The van der Waals surface area contributed by atoms with Gasteiger partial charge in [-0.05, 0) is 5.92 Å². The predicted molar refractivity (Wildman–Crippen MR) is 63.3 cm³/mol. The molecule has 15 heavy (non-hydrogen) atoms. The van der Waals surface area contributed by atoms with Crippen LogP contribution in [0.15, 0.2) is 0 Å². The van der Waals surface area contributed by atoms with E-state index in [1.54, 1.807) is 0 Å². The standard InChI is InChI=1S/C10H19N3OS/c1-7(6-14)5-11-9-12-8(13-15-9)10(2,3)4/h7,14H,5-6H2,1-4H3,(H,11,12,13). The van der Waals surface area contributed by atoms with Crippen molar-refractivity contribution in [3.8, 4) is 0 Å². The Morgan fingerprint density at radius 2 is 2.13 bits per heavy atom. The zero-order valence-electron chi connectivity index (χ0n) is 9.74. The summed E-state index contributed by atoms with van der Waals surface area (Å²) in [7, 11) is 0. The molecule has 1 rings (SSSR count). The van der Waals surface area contributed by atoms with Gasteiger partial charge in [0.1, 0.15) is 5.82 Å². The van der Waals surface area contributed by atoms with Crippen molar-refractivity contribution in [3.63, 3.8) is 0 Å². The molecular formula is C10H19N3OS. The van der Waals surface area contributed by atoms with Crippen LogP contribution in [0.4, 0.5) is 5.13 Å². The summed E-state index contributed by atoms with van der Waals surface area (Å²) in [6, 6.07) is 0. The summed E-state index contributed by atoms with van der Waals surface area (Å²) < 4.78 is 4.30. The molecule has 1 atom stereocenters. The fourth-order valence-electron chi connectivity index (χ4n) is 0.926. The van der Waals surface area contributed by atoms with E-state index in [1.807, 2.05) is 6.92 Å². The number of aliphatic hydroxyl groups is 1. The molecule has 1 unspecified atom stereocenters. The molecule has 0 spiro atoms. The highest BCUT2D eigenvalue weighted by atomic mass is 32.1. The average molecular weight is 229 g/mol. The molecule has 0 aliphatic heterocycles. The number of nitrogens with one attached hydrogen (secondary N) is 1. The summed E-state index contributed by atoms with van der Waals surface area (Å²) in [5.41, 5.74) is -0.000968. The average Bonchev–Trinajstić information content (AvgIpc) is 2.61. The van der Waals surface area contributed by atoms with Crippen molar-refractivity contribution in [1.29, 1.82) is 0 Å². The van der Waals surface area contributed by atoms with Crippen molar-refractivity contribution in [1.82, 2.24) is 9.36 Å². The summed E-state index contributed by atoms with van der Waals surface area (Å²) in [4.78, 5) is 4.40. The Labute approximate surface area is 94.9 Å². The summed E-state index contributed by atoms with van der Waals surface area (Å²) >= 11 is 1.38. The third-order valence-electron chi connectivity index (χ3n) is 2.01. The Kier molecular flexibility index (Phi) is 4.04. The number of anilines is 1. The van der Waals surface area contributed by atoms with E-state index in [0.717, 1.165) is 17.5 Å². The zero-order valence-corrected chi connectivity index (χ0v) is 10.6. The van der Waals surface area contributed by atoms with E-state index >= 15 is 0 Å². The van der Waals surface area contributed by atoms with Gasteiger partial charge in [-0.1, -0.05) is 27.7 Å². The van der Waals surface area contributed by atoms with Gasteiger partial charge in [-0.25, -0.2) is 4.98 Å². The van der Waals surface area contributed by atoms with Crippen LogP contribution < -0.4 is 5.32 Å². The van der Waals surface area contributed by atoms with Gasteiger partial charge in [0.05, 0.1) is 0 Å². The fraction of sp³-hybridized carbons (Fsp3) is 0.800. The molecule has 86 valence electrons. The van der Waals surface area contributed by atoms with E-state index in [-0.39, 0.29) is 17.9 Å². The molecular weight excluding hydrogens is 210 g/mol. The van der Waals surface area contributed by atoms with Crippen LogP contribution in [0.25, 0.3) is 0 Å². The van der Waals surface area contributed by atoms with Crippen LogP contribution in [0.5, 0.6) is 0 Å². The number of aromatic nitrogens is 2. The molecule has 0 bridgehead atoms. The lowest BCUT2D eigenvalue weighted by Gasteiger charge is -2.12. The van der Waals surface area contributed by atoms with Crippen LogP contribution >= 0.6 is 11.5 Å². The van der Waals surface area contributed by atoms with Crippen LogP contribution in [-0.4, -0.2) is 27.6 Å². The monoisotopic (exact) mass is 229 g/mol. The van der Waals surface area contributed by atoms with Gasteiger partial charge in [-0.15, -0.1) is 0 Å². The molecule has 1 aromatic rings. The van der Waals surface area contributed by atoms with Gasteiger partial charge in [0.2, 0.25) is 5.13 Å². The van der Waals surface area contributed by atoms with E-state index in [0.29, 0.717) is 0 Å². The highest BCUT2D eigenvalue weighted by molar-refractivity contribution is 7.09. The smallest absolute Gasteiger partial charge is 0.202 e. The second-order valence-electron chi connectivity index (χ2n) is 4.84. The molecule has 0 saturated carbocycles. The highest BCUT2D eigenvalue weighted by Gasteiger charge is 2.19. The Morgan fingerprint density at radius 3 is 2.60 bits per heavy atom. The minimum Gasteiger partial charge on any atom is -0.396 e. The number of nitrogens with zero attached hydrogens (tertiary/aromatic N) is 2. The third-order valence-corrected chi connectivity index (χ3v) is 2.68. The molecule has 0 aliphatic carbocycles. The number of aliphatic hydroxyl groups excluding tert-OH is 1. The highest BCUT2D eigenvalue weighted by Crippen LogP contribution is 2.22. The summed E-state index contributed by atoms with van der Waals surface area (Å²) in [5.74, 6) is 1.11. The van der Waals surface area contributed by atoms with Crippen LogP contribution in [0.2, 0.25) is 0 Å². The maximum Gasteiger partial charge on any atom is 0.202 e. The Balaban J connectivity index is 2.54. The topological polar surface area (TPSA) is 58.0 Å². The second-order valence-corrected chi connectivity index (χ2v) is 5.59. The molecule has 0 radical (unpaired) electrons. The van der Waals surface area contributed by atoms with Crippen molar-refractivity contribution in [2.75, 3.05) is 18.5 Å². The van der Waals surface area contributed by atoms with Crippen LogP contribution in [-0.2, 0) is 5.41 Å². The van der Waals surface area contributed by atoms with Gasteiger partial charge < -0.3 is 10.4 Å². The lowest BCUT2D eigenvalue weighted by molar-refractivity contribution is 0.244. The van der Waals surface area contributed by atoms with Crippen LogP contribution in [0, 0.1) is 5.92 Å². The van der Waals surface area contributed by atoms with Crippen LogP contribution in [0.1, 0.15) is 33.5 Å². The van der Waals surface area contributed by atoms with Crippen LogP contribution in [0.3, 0.4) is 0 Å². The molecule has 1 heterocycles. The van der Waals surface area contributed by atoms with Crippen molar-refractivity contribution < 1.29 is 5.11 Å². The SMILES string of the molecule is CC(CO)CNc1nc(C(C)(C)C)ns1. The molecule has 1 aromatic heterocycles. The van der Waals surface area contributed by atoms with Crippen molar-refractivity contribution in [2.24, 2.45) is 5.92 Å². The first kappa shape index (κ1) is 12.4. The quantitative estimate of drug-likeness (QED) is 0.827. The molecule has 2 N–H and O–H groups in total. The molecule has 0 aromatic carbocycles. The zero-order chi connectivity index (χ0) is 11.5. The van der Waals surface area contributed by atoms with E-state index in [2.05, 4.69) is 35.4 Å². The summed E-state index contributed by atoms with van der Waals surface area (Å²) in [5, 5.41) is 12.9. The Hall–Kier alpha value is -0.680. The predicted octanol–water partition coefficient (Wildman–Crippen LogP) is 1.88. The van der Waals surface area contributed by atoms with Crippen molar-refractivity contribution in [2.45, 2.75) is 33.1 Å². The second kappa shape index (κ2) is 4.90. The van der Waals surface area contributed by atoms with Crippen molar-refractivity contribution in [3.05, 3.63) is 5.82 Å². The maximum absolute atomic E-state index is 8.87.